The van der Waals surface area contributed by atoms with Gasteiger partial charge in [-0.05, 0) is 31.4 Å². The molecule has 0 atom stereocenters. The Morgan fingerprint density at radius 1 is 1.47 bits per heavy atom. The quantitative estimate of drug-likeness (QED) is 0.859. The highest BCUT2D eigenvalue weighted by Gasteiger charge is 2.16. The van der Waals surface area contributed by atoms with E-state index < -0.39 is 0 Å². The summed E-state index contributed by atoms with van der Waals surface area (Å²) in [4.78, 5) is 8.20. The molecule has 0 aliphatic rings. The Bertz CT molecular complexity index is 550. The molecule has 2 N–H and O–H groups in total. The number of aromatic nitrogens is 1. The van der Waals surface area contributed by atoms with E-state index >= 15 is 0 Å². The molecule has 2 rings (SSSR count). The number of hydrogen-bond donors (Lipinski definition) is 1. The Kier molecular flexibility index (Phi) is 4.50. The second-order valence-electron chi connectivity index (χ2n) is 4.56. The number of anilines is 1. The minimum absolute atomic E-state index is 0.347. The zero-order valence-electron chi connectivity index (χ0n) is 11.0. The molecule has 0 spiro atoms. The first-order chi connectivity index (χ1) is 9.09. The fraction of sp³-hybridized carbons (Fsp3) is 0.286. The normalized spacial score (nSPS) is 10.7. The number of nitrogens with zero attached hydrogens (tertiary/aromatic N) is 2. The topological polar surface area (TPSA) is 42.2 Å². The first kappa shape index (κ1) is 14.0. The summed E-state index contributed by atoms with van der Waals surface area (Å²) in [5, 5.41) is 2.09. The van der Waals surface area contributed by atoms with Crippen LogP contribution in [0.5, 0.6) is 0 Å². The average Bonchev–Trinajstić information content (AvgIpc) is 2.88. The van der Waals surface area contributed by atoms with Crippen molar-refractivity contribution in [3.8, 4) is 0 Å². The van der Waals surface area contributed by atoms with Gasteiger partial charge in [0.15, 0.2) is 0 Å². The Balaban J connectivity index is 2.36. The van der Waals surface area contributed by atoms with Gasteiger partial charge in [-0.15, -0.1) is 11.3 Å². The number of thiocarbonyl (C=S) groups is 1. The summed E-state index contributed by atoms with van der Waals surface area (Å²) in [5.41, 5.74) is 7.69. The van der Waals surface area contributed by atoms with Crippen LogP contribution in [0.2, 0.25) is 0 Å². The van der Waals surface area contributed by atoms with Crippen LogP contribution in [0, 0.1) is 0 Å². The second kappa shape index (κ2) is 6.12. The molecule has 0 aliphatic carbocycles. The average molecular weight is 291 g/mol. The monoisotopic (exact) mass is 291 g/mol. The van der Waals surface area contributed by atoms with Crippen molar-refractivity contribution in [2.24, 2.45) is 5.73 Å². The van der Waals surface area contributed by atoms with Crippen molar-refractivity contribution in [3.05, 3.63) is 46.4 Å². The largest absolute Gasteiger partial charge is 0.389 e. The van der Waals surface area contributed by atoms with Crippen LogP contribution in [0.3, 0.4) is 0 Å². The summed E-state index contributed by atoms with van der Waals surface area (Å²) < 4.78 is 0. The smallest absolute Gasteiger partial charge is 0.106 e. The molecule has 19 heavy (non-hydrogen) atoms. The van der Waals surface area contributed by atoms with Crippen LogP contribution in [0.25, 0.3) is 0 Å². The van der Waals surface area contributed by atoms with Crippen LogP contribution >= 0.6 is 23.6 Å². The molecule has 0 fully saturated rings. The third-order valence-electron chi connectivity index (χ3n) is 2.90. The zero-order valence-corrected chi connectivity index (χ0v) is 12.7. The predicted molar refractivity (Wildman–Crippen MR) is 85.8 cm³/mol. The summed E-state index contributed by atoms with van der Waals surface area (Å²) in [6.45, 7) is 5.16. The first-order valence-electron chi connectivity index (χ1n) is 6.12. The highest BCUT2D eigenvalue weighted by atomic mass is 32.1. The maximum absolute atomic E-state index is 5.81. The Morgan fingerprint density at radius 2 is 2.26 bits per heavy atom. The lowest BCUT2D eigenvalue weighted by molar-refractivity contribution is 0.685. The molecular formula is C14H17N3S2. The molecule has 0 saturated carbocycles. The number of rotatable bonds is 5. The minimum atomic E-state index is 0.347. The summed E-state index contributed by atoms with van der Waals surface area (Å²) in [7, 11) is 0. The van der Waals surface area contributed by atoms with Crippen LogP contribution in [-0.4, -0.2) is 16.0 Å². The summed E-state index contributed by atoms with van der Waals surface area (Å²) in [6, 6.07) is 6.42. The van der Waals surface area contributed by atoms with Crippen molar-refractivity contribution in [1.82, 2.24) is 4.98 Å². The number of hydrogen-bond acceptors (Lipinski definition) is 4. The van der Waals surface area contributed by atoms with Crippen molar-refractivity contribution < 1.29 is 0 Å². The van der Waals surface area contributed by atoms with Gasteiger partial charge < -0.3 is 10.6 Å². The SMILES string of the molecule is CC(C)N(Cc1cccs1)c1cnccc1C(N)=S. The fourth-order valence-corrected chi connectivity index (χ4v) is 2.82. The molecule has 0 aromatic carbocycles. The van der Waals surface area contributed by atoms with Crippen LogP contribution in [-0.2, 0) is 6.54 Å². The van der Waals surface area contributed by atoms with Crippen molar-refractivity contribution in [1.29, 1.82) is 0 Å². The van der Waals surface area contributed by atoms with Gasteiger partial charge in [0.05, 0.1) is 18.4 Å². The van der Waals surface area contributed by atoms with E-state index in [4.69, 9.17) is 18.0 Å². The van der Waals surface area contributed by atoms with E-state index in [2.05, 4.69) is 41.2 Å². The molecule has 100 valence electrons. The van der Waals surface area contributed by atoms with Gasteiger partial charge in [-0.1, -0.05) is 18.3 Å². The predicted octanol–water partition coefficient (Wildman–Crippen LogP) is 3.19. The Hall–Kier alpha value is -1.46. The van der Waals surface area contributed by atoms with E-state index in [1.807, 2.05) is 12.3 Å². The van der Waals surface area contributed by atoms with Gasteiger partial charge in [-0.25, -0.2) is 0 Å². The van der Waals surface area contributed by atoms with Crippen LogP contribution < -0.4 is 10.6 Å². The molecular weight excluding hydrogens is 274 g/mol. The van der Waals surface area contributed by atoms with Crippen molar-refractivity contribution in [2.45, 2.75) is 26.4 Å². The van der Waals surface area contributed by atoms with E-state index in [1.165, 1.54) is 4.88 Å². The van der Waals surface area contributed by atoms with Crippen LogP contribution in [0.15, 0.2) is 36.0 Å². The van der Waals surface area contributed by atoms with E-state index in [0.29, 0.717) is 11.0 Å². The lowest BCUT2D eigenvalue weighted by atomic mass is 10.1. The lowest BCUT2D eigenvalue weighted by Gasteiger charge is -2.30. The third-order valence-corrected chi connectivity index (χ3v) is 3.99. The van der Waals surface area contributed by atoms with Crippen LogP contribution in [0.4, 0.5) is 5.69 Å². The summed E-state index contributed by atoms with van der Waals surface area (Å²) >= 11 is 6.88. The Morgan fingerprint density at radius 3 is 2.84 bits per heavy atom. The van der Waals surface area contributed by atoms with Crippen molar-refractivity contribution in [2.75, 3.05) is 4.90 Å². The van der Waals surface area contributed by atoms with Gasteiger partial charge in [0.1, 0.15) is 4.99 Å². The summed E-state index contributed by atoms with van der Waals surface area (Å²) in [6.07, 6.45) is 3.56. The molecule has 0 aliphatic heterocycles. The lowest BCUT2D eigenvalue weighted by Crippen LogP contribution is -2.32. The Labute approximate surface area is 123 Å². The van der Waals surface area contributed by atoms with Crippen molar-refractivity contribution >= 4 is 34.2 Å². The molecule has 0 radical (unpaired) electrons. The molecule has 0 unspecified atom stereocenters. The van der Waals surface area contributed by atoms with Gasteiger partial charge in [0.25, 0.3) is 0 Å². The van der Waals surface area contributed by atoms with E-state index in [9.17, 15) is 0 Å². The highest BCUT2D eigenvalue weighted by Crippen LogP contribution is 2.25. The van der Waals surface area contributed by atoms with Gasteiger partial charge >= 0.3 is 0 Å². The van der Waals surface area contributed by atoms with E-state index in [-0.39, 0.29) is 0 Å². The van der Waals surface area contributed by atoms with Gasteiger partial charge in [-0.3, -0.25) is 4.98 Å². The minimum Gasteiger partial charge on any atom is -0.389 e. The third kappa shape index (κ3) is 3.30. The molecule has 3 nitrogen and oxygen atoms in total. The molecule has 2 heterocycles. The molecule has 2 aromatic rings. The molecule has 0 bridgehead atoms. The van der Waals surface area contributed by atoms with Gasteiger partial charge in [-0.2, -0.15) is 0 Å². The number of nitrogens with two attached hydrogens (primary N) is 1. The molecule has 5 heteroatoms. The fourth-order valence-electron chi connectivity index (χ4n) is 1.94. The standard InChI is InChI=1S/C14H17N3S2/c1-10(2)17(9-11-4-3-7-19-11)13-8-16-6-5-12(13)14(15)18/h3-8,10H,9H2,1-2H3,(H2,15,18). The molecule has 2 aromatic heterocycles. The maximum Gasteiger partial charge on any atom is 0.106 e. The van der Waals surface area contributed by atoms with Gasteiger partial charge in [0.2, 0.25) is 0 Å². The number of pyridine rings is 1. The summed E-state index contributed by atoms with van der Waals surface area (Å²) in [5.74, 6) is 0. The molecule has 0 amide bonds. The van der Waals surface area contributed by atoms with Crippen molar-refractivity contribution in [3.63, 3.8) is 0 Å². The zero-order chi connectivity index (χ0) is 13.8. The molecule has 0 saturated heterocycles. The van der Waals surface area contributed by atoms with E-state index in [0.717, 1.165) is 17.8 Å². The van der Waals surface area contributed by atoms with Gasteiger partial charge in [0, 0.05) is 22.7 Å². The van der Waals surface area contributed by atoms with E-state index in [1.54, 1.807) is 17.5 Å². The maximum atomic E-state index is 5.81. The second-order valence-corrected chi connectivity index (χ2v) is 6.03. The number of thiophene rings is 1. The van der Waals surface area contributed by atoms with Crippen LogP contribution in [0.1, 0.15) is 24.3 Å². The highest BCUT2D eigenvalue weighted by molar-refractivity contribution is 7.80. The first-order valence-corrected chi connectivity index (χ1v) is 7.41.